The van der Waals surface area contributed by atoms with Crippen LogP contribution in [0.1, 0.15) is 19.3 Å². The smallest absolute Gasteiger partial charge is 0.123 e. The fourth-order valence-corrected chi connectivity index (χ4v) is 1.92. The van der Waals surface area contributed by atoms with Crippen molar-refractivity contribution in [1.29, 1.82) is 0 Å². The number of aromatic nitrogens is 2. The Morgan fingerprint density at radius 2 is 2.64 bits per heavy atom. The highest BCUT2D eigenvalue weighted by atomic mass is 15.3. The fraction of sp³-hybridized carbons (Fsp3) is 0.700. The van der Waals surface area contributed by atoms with Gasteiger partial charge >= 0.3 is 0 Å². The maximum atomic E-state index is 4.11. The summed E-state index contributed by atoms with van der Waals surface area (Å²) in [4.78, 5) is 0. The molecule has 1 atom stereocenters. The molecule has 0 aliphatic carbocycles. The number of hydrogen-bond donors (Lipinski definition) is 2. The number of rotatable bonds is 4. The van der Waals surface area contributed by atoms with Gasteiger partial charge in [0.05, 0.1) is 6.20 Å². The molecule has 0 saturated carbocycles. The van der Waals surface area contributed by atoms with Gasteiger partial charge in [0.1, 0.15) is 5.82 Å². The van der Waals surface area contributed by atoms with E-state index in [0.717, 1.165) is 18.4 Å². The summed E-state index contributed by atoms with van der Waals surface area (Å²) in [5.74, 6) is 1.10. The van der Waals surface area contributed by atoms with Crippen molar-refractivity contribution < 1.29 is 0 Å². The summed E-state index contributed by atoms with van der Waals surface area (Å²) >= 11 is 0. The summed E-state index contributed by atoms with van der Waals surface area (Å²) in [6, 6.07) is 2.72. The van der Waals surface area contributed by atoms with Gasteiger partial charge in [0.25, 0.3) is 0 Å². The molecule has 2 N–H and O–H groups in total. The summed E-state index contributed by atoms with van der Waals surface area (Å²) in [6.07, 6.45) is 5.67. The largest absolute Gasteiger partial charge is 0.370 e. The molecular weight excluding hydrogens is 176 g/mol. The Labute approximate surface area is 84.7 Å². The molecule has 78 valence electrons. The Kier molecular flexibility index (Phi) is 3.03. The molecule has 1 aliphatic rings. The van der Waals surface area contributed by atoms with Crippen molar-refractivity contribution in [3.63, 3.8) is 0 Å². The molecule has 4 nitrogen and oxygen atoms in total. The van der Waals surface area contributed by atoms with Crippen molar-refractivity contribution in [3.05, 3.63) is 12.3 Å². The highest BCUT2D eigenvalue weighted by Crippen LogP contribution is 2.09. The second-order valence-electron chi connectivity index (χ2n) is 3.85. The van der Waals surface area contributed by atoms with Gasteiger partial charge in [-0.3, -0.25) is 4.68 Å². The molecule has 0 amide bonds. The number of aryl methyl sites for hydroxylation is 1. The Morgan fingerprint density at radius 1 is 1.71 bits per heavy atom. The van der Waals surface area contributed by atoms with E-state index >= 15 is 0 Å². The number of nitrogens with one attached hydrogen (secondary N) is 2. The van der Waals surface area contributed by atoms with Crippen molar-refractivity contribution in [2.45, 2.75) is 25.3 Å². The first-order chi connectivity index (χ1) is 6.86. The molecule has 0 aromatic carbocycles. The van der Waals surface area contributed by atoms with Gasteiger partial charge in [-0.15, -0.1) is 0 Å². The summed E-state index contributed by atoms with van der Waals surface area (Å²) in [6.45, 7) is 2.22. The van der Waals surface area contributed by atoms with Crippen LogP contribution in [-0.4, -0.2) is 28.9 Å². The minimum atomic E-state index is 0.718. The SMILES string of the molecule is Cn1nccc1NCCC1CCCN1. The highest BCUT2D eigenvalue weighted by Gasteiger charge is 2.12. The molecule has 14 heavy (non-hydrogen) atoms. The third kappa shape index (κ3) is 2.26. The van der Waals surface area contributed by atoms with E-state index in [1.54, 1.807) is 0 Å². The topological polar surface area (TPSA) is 41.9 Å². The zero-order valence-corrected chi connectivity index (χ0v) is 8.66. The second kappa shape index (κ2) is 4.46. The van der Waals surface area contributed by atoms with Crippen LogP contribution >= 0.6 is 0 Å². The zero-order valence-electron chi connectivity index (χ0n) is 8.66. The molecule has 0 radical (unpaired) electrons. The molecule has 1 saturated heterocycles. The van der Waals surface area contributed by atoms with Crippen LogP contribution in [-0.2, 0) is 7.05 Å². The first-order valence-electron chi connectivity index (χ1n) is 5.31. The molecular formula is C10H18N4. The summed E-state index contributed by atoms with van der Waals surface area (Å²) < 4.78 is 1.86. The van der Waals surface area contributed by atoms with Gasteiger partial charge in [0.15, 0.2) is 0 Å². The first kappa shape index (κ1) is 9.52. The molecule has 1 aliphatic heterocycles. The van der Waals surface area contributed by atoms with Gasteiger partial charge in [0, 0.05) is 25.7 Å². The minimum Gasteiger partial charge on any atom is -0.370 e. The lowest BCUT2D eigenvalue weighted by Crippen LogP contribution is -2.24. The van der Waals surface area contributed by atoms with Gasteiger partial charge in [0.2, 0.25) is 0 Å². The van der Waals surface area contributed by atoms with Crippen LogP contribution in [0.3, 0.4) is 0 Å². The van der Waals surface area contributed by atoms with Crippen LogP contribution in [0.4, 0.5) is 5.82 Å². The Hall–Kier alpha value is -1.03. The number of hydrogen-bond acceptors (Lipinski definition) is 3. The molecule has 2 rings (SSSR count). The summed E-state index contributed by atoms with van der Waals surface area (Å²) in [7, 11) is 1.95. The highest BCUT2D eigenvalue weighted by molar-refractivity contribution is 5.33. The number of anilines is 1. The van der Waals surface area contributed by atoms with Crippen LogP contribution in [0, 0.1) is 0 Å². The lowest BCUT2D eigenvalue weighted by atomic mass is 10.1. The van der Waals surface area contributed by atoms with Crippen LogP contribution in [0.5, 0.6) is 0 Å². The molecule has 1 unspecified atom stereocenters. The molecule has 4 heteroatoms. The quantitative estimate of drug-likeness (QED) is 0.750. The zero-order chi connectivity index (χ0) is 9.80. The summed E-state index contributed by atoms with van der Waals surface area (Å²) in [5, 5.41) is 11.0. The Bertz CT molecular complexity index is 275. The number of nitrogens with zero attached hydrogens (tertiary/aromatic N) is 2. The van der Waals surface area contributed by atoms with Gasteiger partial charge < -0.3 is 10.6 Å². The van der Waals surface area contributed by atoms with E-state index < -0.39 is 0 Å². The second-order valence-corrected chi connectivity index (χ2v) is 3.85. The average Bonchev–Trinajstić information content (AvgIpc) is 2.78. The average molecular weight is 194 g/mol. The van der Waals surface area contributed by atoms with Gasteiger partial charge in [-0.2, -0.15) is 5.10 Å². The van der Waals surface area contributed by atoms with Crippen LogP contribution in [0.2, 0.25) is 0 Å². The Morgan fingerprint density at radius 3 is 3.29 bits per heavy atom. The van der Waals surface area contributed by atoms with Gasteiger partial charge in [-0.1, -0.05) is 0 Å². The molecule has 0 spiro atoms. The maximum Gasteiger partial charge on any atom is 0.123 e. The van der Waals surface area contributed by atoms with Crippen LogP contribution < -0.4 is 10.6 Å². The van der Waals surface area contributed by atoms with E-state index in [2.05, 4.69) is 15.7 Å². The van der Waals surface area contributed by atoms with Crippen molar-refractivity contribution >= 4 is 5.82 Å². The molecule has 0 bridgehead atoms. The fourth-order valence-electron chi connectivity index (χ4n) is 1.92. The molecule has 1 fully saturated rings. The van der Waals surface area contributed by atoms with Gasteiger partial charge in [-0.05, 0) is 25.8 Å². The van der Waals surface area contributed by atoms with Crippen LogP contribution in [0.25, 0.3) is 0 Å². The predicted octanol–water partition coefficient (Wildman–Crippen LogP) is 0.974. The van der Waals surface area contributed by atoms with Crippen molar-refractivity contribution in [2.24, 2.45) is 7.05 Å². The van der Waals surface area contributed by atoms with Crippen molar-refractivity contribution in [2.75, 3.05) is 18.4 Å². The van der Waals surface area contributed by atoms with Crippen molar-refractivity contribution in [1.82, 2.24) is 15.1 Å². The molecule has 1 aromatic rings. The van der Waals surface area contributed by atoms with Crippen molar-refractivity contribution in [3.8, 4) is 0 Å². The predicted molar refractivity (Wildman–Crippen MR) is 57.3 cm³/mol. The van der Waals surface area contributed by atoms with E-state index in [0.29, 0.717) is 0 Å². The third-order valence-electron chi connectivity index (χ3n) is 2.78. The van der Waals surface area contributed by atoms with E-state index in [1.165, 1.54) is 25.8 Å². The van der Waals surface area contributed by atoms with E-state index in [-0.39, 0.29) is 0 Å². The lowest BCUT2D eigenvalue weighted by molar-refractivity contribution is 0.573. The van der Waals surface area contributed by atoms with Gasteiger partial charge in [-0.25, -0.2) is 0 Å². The monoisotopic (exact) mass is 194 g/mol. The normalized spacial score (nSPS) is 21.4. The van der Waals surface area contributed by atoms with E-state index in [9.17, 15) is 0 Å². The first-order valence-corrected chi connectivity index (χ1v) is 5.31. The Balaban J connectivity index is 1.70. The molecule has 2 heterocycles. The standard InChI is InChI=1S/C10H18N4/c1-14-10(5-8-13-14)12-7-4-9-3-2-6-11-9/h5,8-9,11-12H,2-4,6-7H2,1H3. The van der Waals surface area contributed by atoms with E-state index in [4.69, 9.17) is 0 Å². The van der Waals surface area contributed by atoms with E-state index in [1.807, 2.05) is 24.0 Å². The lowest BCUT2D eigenvalue weighted by Gasteiger charge is -2.11. The third-order valence-corrected chi connectivity index (χ3v) is 2.78. The summed E-state index contributed by atoms with van der Waals surface area (Å²) in [5.41, 5.74) is 0. The van der Waals surface area contributed by atoms with Crippen LogP contribution in [0.15, 0.2) is 12.3 Å². The minimum absolute atomic E-state index is 0.718. The maximum absolute atomic E-state index is 4.11. The molecule has 1 aromatic heterocycles.